The topological polar surface area (TPSA) is 145 Å². The molecule has 0 spiro atoms. The summed E-state index contributed by atoms with van der Waals surface area (Å²) in [5.74, 6) is -1.44. The Hall–Kier alpha value is -2.87. The number of quaternary nitrogens is 1. The summed E-state index contributed by atoms with van der Waals surface area (Å²) < 4.78 is 0. The summed E-state index contributed by atoms with van der Waals surface area (Å²) in [6.45, 7) is 3.02. The van der Waals surface area contributed by atoms with Gasteiger partial charge in [-0.05, 0) is 25.5 Å². The van der Waals surface area contributed by atoms with E-state index < -0.39 is 29.9 Å². The second-order valence-corrected chi connectivity index (χ2v) is 6.12. The van der Waals surface area contributed by atoms with Crippen LogP contribution in [0.2, 0.25) is 0 Å². The van der Waals surface area contributed by atoms with Crippen molar-refractivity contribution >= 4 is 28.6 Å². The second-order valence-electron chi connectivity index (χ2n) is 6.12. The highest BCUT2D eigenvalue weighted by molar-refractivity contribution is 5.92. The molecular formula is C17H24N5O3+. The molecule has 3 amide bonds. The summed E-state index contributed by atoms with van der Waals surface area (Å²) in [6, 6.07) is 5.67. The largest absolute Gasteiger partial charge is 0.368 e. The molecule has 0 unspecified atom stereocenters. The third kappa shape index (κ3) is 4.57. The number of carbonyl (C=O) groups is 3. The van der Waals surface area contributed by atoms with Crippen LogP contribution in [0.1, 0.15) is 19.4 Å². The predicted octanol–water partition coefficient (Wildman–Crippen LogP) is -1.18. The minimum absolute atomic E-state index is 0.334. The Morgan fingerprint density at radius 3 is 2.44 bits per heavy atom. The lowest BCUT2D eigenvalue weighted by molar-refractivity contribution is -0.403. The van der Waals surface area contributed by atoms with Crippen LogP contribution in [-0.4, -0.2) is 40.8 Å². The Morgan fingerprint density at radius 2 is 1.76 bits per heavy atom. The Bertz CT molecular complexity index is 785. The highest BCUT2D eigenvalue weighted by Gasteiger charge is 2.25. The monoisotopic (exact) mass is 346 g/mol. The van der Waals surface area contributed by atoms with Crippen molar-refractivity contribution in [3.8, 4) is 0 Å². The number of primary amides is 1. The first-order valence-corrected chi connectivity index (χ1v) is 8.07. The van der Waals surface area contributed by atoms with Gasteiger partial charge in [-0.15, -0.1) is 0 Å². The Kier molecular flexibility index (Phi) is 5.76. The number of hydrogen-bond donors (Lipinski definition) is 5. The number of aromatic nitrogens is 1. The van der Waals surface area contributed by atoms with Crippen molar-refractivity contribution in [3.63, 3.8) is 0 Å². The molecule has 8 heteroatoms. The van der Waals surface area contributed by atoms with E-state index in [4.69, 9.17) is 5.73 Å². The summed E-state index contributed by atoms with van der Waals surface area (Å²) in [6.07, 6.45) is 2.31. The number of fused-ring (bicyclic) bond motifs is 1. The van der Waals surface area contributed by atoms with Crippen molar-refractivity contribution in [1.29, 1.82) is 0 Å². The first-order valence-electron chi connectivity index (χ1n) is 8.07. The fraction of sp³-hybridized carbons (Fsp3) is 0.353. The maximum absolute atomic E-state index is 12.3. The first-order chi connectivity index (χ1) is 11.8. The number of carbonyl (C=O) groups excluding carboxylic acids is 3. The number of nitrogens with one attached hydrogen (secondary N) is 3. The zero-order valence-corrected chi connectivity index (χ0v) is 14.3. The molecule has 134 valence electrons. The van der Waals surface area contributed by atoms with E-state index >= 15 is 0 Å². The first kappa shape index (κ1) is 18.5. The summed E-state index contributed by atoms with van der Waals surface area (Å²) in [5.41, 5.74) is 11.0. The zero-order chi connectivity index (χ0) is 18.6. The van der Waals surface area contributed by atoms with Crippen molar-refractivity contribution in [3.05, 3.63) is 36.0 Å². The van der Waals surface area contributed by atoms with E-state index in [1.165, 1.54) is 6.92 Å². The number of rotatable bonds is 7. The van der Waals surface area contributed by atoms with Crippen molar-refractivity contribution in [2.45, 2.75) is 38.4 Å². The molecule has 8 nitrogen and oxygen atoms in total. The number of hydrogen-bond acceptors (Lipinski definition) is 3. The lowest BCUT2D eigenvalue weighted by Gasteiger charge is -2.17. The Morgan fingerprint density at radius 1 is 1.12 bits per heavy atom. The normalized spacial score (nSPS) is 14.5. The number of benzene rings is 1. The van der Waals surface area contributed by atoms with Crippen LogP contribution in [0.15, 0.2) is 30.5 Å². The van der Waals surface area contributed by atoms with Crippen LogP contribution in [-0.2, 0) is 20.8 Å². The second kappa shape index (κ2) is 7.80. The molecule has 1 heterocycles. The van der Waals surface area contributed by atoms with Gasteiger partial charge in [-0.1, -0.05) is 18.2 Å². The average molecular weight is 346 g/mol. The van der Waals surface area contributed by atoms with E-state index in [2.05, 4.69) is 21.4 Å². The molecular weight excluding hydrogens is 322 g/mol. The predicted molar refractivity (Wildman–Crippen MR) is 93.1 cm³/mol. The molecule has 8 N–H and O–H groups in total. The Labute approximate surface area is 145 Å². The van der Waals surface area contributed by atoms with E-state index in [0.717, 1.165) is 16.5 Å². The van der Waals surface area contributed by atoms with Crippen molar-refractivity contribution in [1.82, 2.24) is 15.6 Å². The fourth-order valence-electron chi connectivity index (χ4n) is 2.46. The molecule has 0 aliphatic heterocycles. The number of aromatic amines is 1. The van der Waals surface area contributed by atoms with Crippen LogP contribution in [0.4, 0.5) is 0 Å². The van der Waals surface area contributed by atoms with Gasteiger partial charge in [-0.25, -0.2) is 0 Å². The van der Waals surface area contributed by atoms with Gasteiger partial charge in [0.05, 0.1) is 0 Å². The zero-order valence-electron chi connectivity index (χ0n) is 14.3. The van der Waals surface area contributed by atoms with Crippen LogP contribution in [0.25, 0.3) is 10.9 Å². The molecule has 3 atom stereocenters. The number of para-hydroxylation sites is 1. The van der Waals surface area contributed by atoms with Gasteiger partial charge >= 0.3 is 0 Å². The molecule has 2 aromatic rings. The average Bonchev–Trinajstić information content (AvgIpc) is 2.97. The highest BCUT2D eigenvalue weighted by Crippen LogP contribution is 2.18. The van der Waals surface area contributed by atoms with E-state index in [0.29, 0.717) is 6.42 Å². The van der Waals surface area contributed by atoms with Gasteiger partial charge in [0.1, 0.15) is 12.1 Å². The minimum Gasteiger partial charge on any atom is -0.368 e. The number of H-pyrrole nitrogens is 1. The molecule has 0 saturated carbocycles. The molecule has 0 radical (unpaired) electrons. The lowest BCUT2D eigenvalue weighted by Crippen LogP contribution is -2.69. The highest BCUT2D eigenvalue weighted by atomic mass is 16.2. The van der Waals surface area contributed by atoms with Gasteiger partial charge < -0.3 is 27.1 Å². The molecule has 0 saturated heterocycles. The molecule has 2 rings (SSSR count). The smallest absolute Gasteiger partial charge is 0.279 e. The van der Waals surface area contributed by atoms with Crippen LogP contribution in [0, 0.1) is 0 Å². The molecule has 0 aliphatic carbocycles. The SMILES string of the molecule is C[C@H](NC(=O)[C@H](C)NC(=O)[C@@H]([NH3+])Cc1c[nH]c2ccccc12)C(N)=O. The van der Waals surface area contributed by atoms with Gasteiger partial charge in [0.15, 0.2) is 6.04 Å². The number of amides is 3. The summed E-state index contributed by atoms with van der Waals surface area (Å²) >= 11 is 0. The van der Waals surface area contributed by atoms with Crippen LogP contribution >= 0.6 is 0 Å². The standard InChI is InChI=1S/C17H23N5O3/c1-9(15(19)23)21-16(24)10(2)22-17(25)13(18)7-11-8-20-14-6-4-3-5-12(11)14/h3-6,8-10,13,20H,7,18H2,1-2H3,(H2,19,23)(H,21,24)(H,22,25)/p+1/t9-,10-,13-/m0/s1. The van der Waals surface area contributed by atoms with Gasteiger partial charge in [0, 0.05) is 23.5 Å². The van der Waals surface area contributed by atoms with Crippen LogP contribution in [0.3, 0.4) is 0 Å². The molecule has 0 bridgehead atoms. The summed E-state index contributed by atoms with van der Waals surface area (Å²) in [7, 11) is 0. The van der Waals surface area contributed by atoms with E-state index in [1.807, 2.05) is 30.5 Å². The van der Waals surface area contributed by atoms with Crippen LogP contribution < -0.4 is 22.1 Å². The third-order valence-corrected chi connectivity index (χ3v) is 4.05. The molecule has 0 aliphatic rings. The fourth-order valence-corrected chi connectivity index (χ4v) is 2.46. The van der Waals surface area contributed by atoms with Crippen molar-refractivity contribution in [2.24, 2.45) is 5.73 Å². The third-order valence-electron chi connectivity index (χ3n) is 4.05. The van der Waals surface area contributed by atoms with E-state index in [9.17, 15) is 14.4 Å². The molecule has 1 aromatic carbocycles. The maximum Gasteiger partial charge on any atom is 0.279 e. The molecule has 1 aromatic heterocycles. The van der Waals surface area contributed by atoms with Gasteiger partial charge in [-0.3, -0.25) is 14.4 Å². The van der Waals surface area contributed by atoms with Crippen molar-refractivity contribution in [2.75, 3.05) is 0 Å². The quantitative estimate of drug-likeness (QED) is 0.430. The molecule has 25 heavy (non-hydrogen) atoms. The summed E-state index contributed by atoms with van der Waals surface area (Å²) in [4.78, 5) is 38.4. The van der Waals surface area contributed by atoms with Crippen molar-refractivity contribution < 1.29 is 20.1 Å². The van der Waals surface area contributed by atoms with Gasteiger partial charge in [0.2, 0.25) is 11.8 Å². The minimum atomic E-state index is -0.798. The lowest BCUT2D eigenvalue weighted by atomic mass is 10.0. The molecule has 0 fully saturated rings. The summed E-state index contributed by atoms with van der Waals surface area (Å²) in [5, 5.41) is 6.09. The number of nitrogens with two attached hydrogens (primary N) is 1. The van der Waals surface area contributed by atoms with Crippen LogP contribution in [0.5, 0.6) is 0 Å². The van der Waals surface area contributed by atoms with E-state index in [1.54, 1.807) is 6.92 Å². The maximum atomic E-state index is 12.3. The Balaban J connectivity index is 1.93. The van der Waals surface area contributed by atoms with E-state index in [-0.39, 0.29) is 5.91 Å². The van der Waals surface area contributed by atoms with Gasteiger partial charge in [-0.2, -0.15) is 0 Å². The van der Waals surface area contributed by atoms with Gasteiger partial charge in [0.25, 0.3) is 5.91 Å².